The molecule has 0 unspecified atom stereocenters. The Morgan fingerprint density at radius 1 is 1.52 bits per heavy atom. The van der Waals surface area contributed by atoms with Gasteiger partial charge in [0.25, 0.3) is 0 Å². The molecule has 0 saturated carbocycles. The second-order valence-corrected chi connectivity index (χ2v) is 7.47. The van der Waals surface area contributed by atoms with Crippen molar-refractivity contribution in [3.63, 3.8) is 0 Å². The number of benzene rings is 1. The lowest BCUT2D eigenvalue weighted by Gasteiger charge is -2.41. The van der Waals surface area contributed by atoms with Gasteiger partial charge in [0.05, 0.1) is 19.6 Å². The molecule has 0 spiro atoms. The maximum absolute atomic E-state index is 11.6. The molecule has 0 bridgehead atoms. The van der Waals surface area contributed by atoms with E-state index in [0.29, 0.717) is 23.9 Å². The van der Waals surface area contributed by atoms with Gasteiger partial charge in [-0.05, 0) is 18.2 Å². The fourth-order valence-corrected chi connectivity index (χ4v) is 3.75. The number of ether oxygens (including phenoxy) is 2. The van der Waals surface area contributed by atoms with Gasteiger partial charge in [-0.15, -0.1) is 11.3 Å². The van der Waals surface area contributed by atoms with Crippen LogP contribution in [0.1, 0.15) is 11.4 Å². The SMILES string of the molecule is NC(=O)C[C@@]1(COc2cccc(Cl)c2)CN(Cc2nccs2)CCO1. The Balaban J connectivity index is 1.69. The number of halogens is 1. The minimum absolute atomic E-state index is 0.0991. The molecule has 1 aromatic carbocycles. The number of morpholine rings is 1. The molecule has 1 aliphatic rings. The Morgan fingerprint density at radius 2 is 2.40 bits per heavy atom. The highest BCUT2D eigenvalue weighted by atomic mass is 35.5. The molecule has 134 valence electrons. The molecule has 6 nitrogen and oxygen atoms in total. The zero-order valence-electron chi connectivity index (χ0n) is 13.7. The summed E-state index contributed by atoms with van der Waals surface area (Å²) in [6, 6.07) is 7.14. The molecule has 1 aliphatic heterocycles. The van der Waals surface area contributed by atoms with E-state index in [-0.39, 0.29) is 13.0 Å². The number of nitrogens with zero attached hydrogens (tertiary/aromatic N) is 2. The number of rotatable bonds is 7. The van der Waals surface area contributed by atoms with E-state index in [1.807, 2.05) is 17.5 Å². The zero-order valence-corrected chi connectivity index (χ0v) is 15.3. The van der Waals surface area contributed by atoms with Crippen LogP contribution in [-0.2, 0) is 16.1 Å². The van der Waals surface area contributed by atoms with E-state index >= 15 is 0 Å². The van der Waals surface area contributed by atoms with Crippen LogP contribution in [0, 0.1) is 0 Å². The number of thiazole rings is 1. The third-order valence-corrected chi connectivity index (χ3v) is 4.96. The van der Waals surface area contributed by atoms with Crippen LogP contribution in [0.2, 0.25) is 5.02 Å². The molecular formula is C17H20ClN3O3S. The summed E-state index contributed by atoms with van der Waals surface area (Å²) in [4.78, 5) is 18.1. The Hall–Kier alpha value is -1.67. The van der Waals surface area contributed by atoms with Gasteiger partial charge in [0, 0.05) is 29.7 Å². The van der Waals surface area contributed by atoms with Gasteiger partial charge in [0.2, 0.25) is 5.91 Å². The predicted octanol–water partition coefficient (Wildman–Crippen LogP) is 2.32. The lowest BCUT2D eigenvalue weighted by molar-refractivity contribution is -0.148. The van der Waals surface area contributed by atoms with Gasteiger partial charge in [-0.3, -0.25) is 9.69 Å². The first-order valence-corrected chi connectivity index (χ1v) is 9.22. The van der Waals surface area contributed by atoms with Gasteiger partial charge in [-0.1, -0.05) is 17.7 Å². The Kier molecular flexibility index (Phi) is 5.90. The van der Waals surface area contributed by atoms with Crippen molar-refractivity contribution in [3.8, 4) is 5.75 Å². The van der Waals surface area contributed by atoms with Crippen molar-refractivity contribution in [1.29, 1.82) is 0 Å². The van der Waals surface area contributed by atoms with Crippen molar-refractivity contribution in [3.05, 3.63) is 45.9 Å². The van der Waals surface area contributed by atoms with E-state index in [1.54, 1.807) is 29.7 Å². The minimum atomic E-state index is -0.774. The molecule has 25 heavy (non-hydrogen) atoms. The van der Waals surface area contributed by atoms with Crippen LogP contribution in [-0.4, -0.2) is 47.7 Å². The summed E-state index contributed by atoms with van der Waals surface area (Å²) in [5.74, 6) is 0.225. The first kappa shape index (κ1) is 18.1. The van der Waals surface area contributed by atoms with Crippen molar-refractivity contribution in [2.24, 2.45) is 5.73 Å². The van der Waals surface area contributed by atoms with Gasteiger partial charge in [-0.25, -0.2) is 4.98 Å². The van der Waals surface area contributed by atoms with Crippen LogP contribution < -0.4 is 10.5 Å². The summed E-state index contributed by atoms with van der Waals surface area (Å²) in [5.41, 5.74) is 4.68. The molecule has 2 N–H and O–H groups in total. The molecule has 1 amide bonds. The maximum Gasteiger partial charge on any atom is 0.220 e. The zero-order chi connectivity index (χ0) is 17.7. The smallest absolute Gasteiger partial charge is 0.220 e. The van der Waals surface area contributed by atoms with Gasteiger partial charge in [0.1, 0.15) is 23.0 Å². The van der Waals surface area contributed by atoms with E-state index in [4.69, 9.17) is 26.8 Å². The second-order valence-electron chi connectivity index (χ2n) is 6.06. The molecule has 2 aromatic rings. The lowest BCUT2D eigenvalue weighted by Crippen LogP contribution is -2.56. The fraction of sp³-hybridized carbons (Fsp3) is 0.412. The fourth-order valence-electron chi connectivity index (χ4n) is 2.92. The van der Waals surface area contributed by atoms with Gasteiger partial charge in [-0.2, -0.15) is 0 Å². The number of primary amides is 1. The first-order chi connectivity index (χ1) is 12.0. The summed E-state index contributed by atoms with van der Waals surface area (Å²) in [6.45, 7) is 2.79. The van der Waals surface area contributed by atoms with Crippen LogP contribution in [0.5, 0.6) is 5.75 Å². The van der Waals surface area contributed by atoms with Crippen LogP contribution in [0.4, 0.5) is 0 Å². The van der Waals surface area contributed by atoms with E-state index < -0.39 is 11.5 Å². The largest absolute Gasteiger partial charge is 0.490 e. The number of hydrogen-bond acceptors (Lipinski definition) is 6. The van der Waals surface area contributed by atoms with E-state index in [9.17, 15) is 4.79 Å². The normalized spacial score (nSPS) is 21.2. The van der Waals surface area contributed by atoms with Crippen LogP contribution in [0.15, 0.2) is 35.8 Å². The highest BCUT2D eigenvalue weighted by Gasteiger charge is 2.39. The Labute approximate surface area is 155 Å². The lowest BCUT2D eigenvalue weighted by atomic mass is 9.97. The number of carbonyl (C=O) groups is 1. The number of amides is 1. The summed E-state index contributed by atoms with van der Waals surface area (Å²) in [6.07, 6.45) is 1.89. The third kappa shape index (κ3) is 5.15. The summed E-state index contributed by atoms with van der Waals surface area (Å²) < 4.78 is 11.8. The molecule has 1 saturated heterocycles. The van der Waals surface area contributed by atoms with Crippen molar-refractivity contribution in [1.82, 2.24) is 9.88 Å². The average molecular weight is 382 g/mol. The predicted molar refractivity (Wildman–Crippen MR) is 96.8 cm³/mol. The Morgan fingerprint density at radius 3 is 3.12 bits per heavy atom. The summed E-state index contributed by atoms with van der Waals surface area (Å²) >= 11 is 7.60. The molecule has 1 atom stereocenters. The molecule has 1 aromatic heterocycles. The second kappa shape index (κ2) is 8.14. The van der Waals surface area contributed by atoms with E-state index in [2.05, 4.69) is 9.88 Å². The monoisotopic (exact) mass is 381 g/mol. The van der Waals surface area contributed by atoms with Crippen LogP contribution in [0.25, 0.3) is 0 Å². The van der Waals surface area contributed by atoms with E-state index in [1.165, 1.54) is 0 Å². The summed E-state index contributed by atoms with van der Waals surface area (Å²) in [5, 5.41) is 3.58. The molecule has 0 radical (unpaired) electrons. The van der Waals surface area contributed by atoms with Crippen molar-refractivity contribution in [2.45, 2.75) is 18.6 Å². The number of carbonyl (C=O) groups excluding carboxylic acids is 1. The van der Waals surface area contributed by atoms with Crippen LogP contribution >= 0.6 is 22.9 Å². The number of hydrogen-bond donors (Lipinski definition) is 1. The molecule has 2 heterocycles. The van der Waals surface area contributed by atoms with Gasteiger partial charge in [0.15, 0.2) is 0 Å². The highest BCUT2D eigenvalue weighted by molar-refractivity contribution is 7.09. The third-order valence-electron chi connectivity index (χ3n) is 3.96. The maximum atomic E-state index is 11.6. The van der Waals surface area contributed by atoms with E-state index in [0.717, 1.165) is 18.1 Å². The topological polar surface area (TPSA) is 77.7 Å². The molecule has 3 rings (SSSR count). The molecule has 1 fully saturated rings. The summed E-state index contributed by atoms with van der Waals surface area (Å²) in [7, 11) is 0. The molecular weight excluding hydrogens is 362 g/mol. The van der Waals surface area contributed by atoms with Crippen LogP contribution in [0.3, 0.4) is 0 Å². The quantitative estimate of drug-likeness (QED) is 0.796. The Bertz CT molecular complexity index is 713. The minimum Gasteiger partial charge on any atom is -0.490 e. The van der Waals surface area contributed by atoms with Gasteiger partial charge < -0.3 is 15.2 Å². The van der Waals surface area contributed by atoms with Gasteiger partial charge >= 0.3 is 0 Å². The van der Waals surface area contributed by atoms with Crippen molar-refractivity contribution >= 4 is 28.8 Å². The number of aromatic nitrogens is 1. The molecule has 8 heteroatoms. The molecule has 0 aliphatic carbocycles. The van der Waals surface area contributed by atoms with Crippen molar-refractivity contribution in [2.75, 3.05) is 26.3 Å². The number of nitrogens with two attached hydrogens (primary N) is 1. The average Bonchev–Trinajstić information content (AvgIpc) is 3.06. The standard InChI is InChI=1S/C17H20ClN3O3S/c18-13-2-1-3-14(8-13)23-12-17(9-15(19)22)11-21(5-6-24-17)10-16-20-4-7-25-16/h1-4,7-8H,5-6,9-12H2,(H2,19,22)/t17-/m0/s1. The highest BCUT2D eigenvalue weighted by Crippen LogP contribution is 2.26. The van der Waals surface area contributed by atoms with Crippen molar-refractivity contribution < 1.29 is 14.3 Å². The first-order valence-electron chi connectivity index (χ1n) is 7.96.